The Morgan fingerprint density at radius 1 is 1.12 bits per heavy atom. The first kappa shape index (κ1) is 10.7. The van der Waals surface area contributed by atoms with Gasteiger partial charge in [-0.15, -0.1) is 0 Å². The Hall–Kier alpha value is -1.84. The highest BCUT2D eigenvalue weighted by Crippen LogP contribution is 2.31. The molecule has 16 heavy (non-hydrogen) atoms. The molecule has 0 bridgehead atoms. The van der Waals surface area contributed by atoms with Crippen molar-refractivity contribution in [3.05, 3.63) is 41.9 Å². The normalized spacial score (nSPS) is 15.8. The van der Waals surface area contributed by atoms with Crippen LogP contribution in [0.25, 0.3) is 5.57 Å². The maximum Gasteiger partial charge on any atom is 0.166 e. The van der Waals surface area contributed by atoms with Gasteiger partial charge in [0.15, 0.2) is 5.82 Å². The summed E-state index contributed by atoms with van der Waals surface area (Å²) >= 11 is 0. The fourth-order valence-electron chi connectivity index (χ4n) is 1.75. The molecule has 0 saturated carbocycles. The summed E-state index contributed by atoms with van der Waals surface area (Å²) in [4.78, 5) is 8.46. The quantitative estimate of drug-likeness (QED) is 0.779. The standard InChI is InChI=1S/C12H14N2O2/c1-15-9-5-3-6-10(16-2)11(9)12-13-7-4-8-14-12/h4-5,7-8H,3,6H2,1-2H3. The summed E-state index contributed by atoms with van der Waals surface area (Å²) in [5.74, 6) is 2.31. The van der Waals surface area contributed by atoms with Gasteiger partial charge in [0.25, 0.3) is 0 Å². The molecule has 1 aromatic rings. The molecule has 0 amide bonds. The predicted molar refractivity (Wildman–Crippen MR) is 60.3 cm³/mol. The highest BCUT2D eigenvalue weighted by molar-refractivity contribution is 5.75. The van der Waals surface area contributed by atoms with E-state index in [0.717, 1.165) is 29.9 Å². The smallest absolute Gasteiger partial charge is 0.166 e. The van der Waals surface area contributed by atoms with Crippen LogP contribution in [0, 0.1) is 0 Å². The fourth-order valence-corrected chi connectivity index (χ4v) is 1.75. The third-order valence-electron chi connectivity index (χ3n) is 2.48. The van der Waals surface area contributed by atoms with E-state index in [1.807, 2.05) is 6.08 Å². The van der Waals surface area contributed by atoms with E-state index in [1.54, 1.807) is 32.7 Å². The molecule has 0 atom stereocenters. The van der Waals surface area contributed by atoms with E-state index in [2.05, 4.69) is 9.97 Å². The van der Waals surface area contributed by atoms with E-state index < -0.39 is 0 Å². The first-order valence-electron chi connectivity index (χ1n) is 5.16. The van der Waals surface area contributed by atoms with Crippen molar-refractivity contribution in [2.45, 2.75) is 12.8 Å². The number of hydrogen-bond acceptors (Lipinski definition) is 4. The zero-order valence-electron chi connectivity index (χ0n) is 9.43. The van der Waals surface area contributed by atoms with Crippen LogP contribution in [0.1, 0.15) is 18.7 Å². The molecule has 0 spiro atoms. The summed E-state index contributed by atoms with van der Waals surface area (Å²) in [6, 6.07) is 1.79. The highest BCUT2D eigenvalue weighted by atomic mass is 16.5. The number of rotatable bonds is 3. The van der Waals surface area contributed by atoms with E-state index in [9.17, 15) is 0 Å². The molecule has 1 aliphatic rings. The second-order valence-corrected chi connectivity index (χ2v) is 3.39. The number of ether oxygens (including phenoxy) is 2. The maximum atomic E-state index is 5.37. The molecular formula is C12H14N2O2. The van der Waals surface area contributed by atoms with Crippen LogP contribution >= 0.6 is 0 Å². The van der Waals surface area contributed by atoms with Crippen molar-refractivity contribution in [2.24, 2.45) is 0 Å². The summed E-state index contributed by atoms with van der Waals surface area (Å²) in [6.45, 7) is 0. The fraction of sp³-hybridized carbons (Fsp3) is 0.333. The minimum absolute atomic E-state index is 0.646. The molecule has 2 rings (SSSR count). The molecule has 0 aliphatic heterocycles. The van der Waals surface area contributed by atoms with Gasteiger partial charge in [0, 0.05) is 18.8 Å². The molecule has 1 aromatic heterocycles. The summed E-state index contributed by atoms with van der Waals surface area (Å²) in [7, 11) is 3.31. The molecule has 84 valence electrons. The van der Waals surface area contributed by atoms with Crippen molar-refractivity contribution in [3.63, 3.8) is 0 Å². The van der Waals surface area contributed by atoms with Crippen LogP contribution < -0.4 is 0 Å². The van der Waals surface area contributed by atoms with Crippen LogP contribution in [0.2, 0.25) is 0 Å². The van der Waals surface area contributed by atoms with Gasteiger partial charge in [-0.3, -0.25) is 0 Å². The Morgan fingerprint density at radius 3 is 2.50 bits per heavy atom. The lowest BCUT2D eigenvalue weighted by Gasteiger charge is -2.18. The van der Waals surface area contributed by atoms with Gasteiger partial charge in [0.05, 0.1) is 19.8 Å². The summed E-state index contributed by atoms with van der Waals surface area (Å²) in [6.07, 6.45) is 7.24. The van der Waals surface area contributed by atoms with Crippen molar-refractivity contribution in [1.29, 1.82) is 0 Å². The number of methoxy groups -OCH3 is 2. The minimum Gasteiger partial charge on any atom is -0.500 e. The Balaban J connectivity index is 2.48. The van der Waals surface area contributed by atoms with E-state index >= 15 is 0 Å². The molecule has 1 aliphatic carbocycles. The SMILES string of the molecule is COC1=CCCC(OC)=C1c1ncccn1. The first-order chi connectivity index (χ1) is 7.86. The molecular weight excluding hydrogens is 204 g/mol. The van der Waals surface area contributed by atoms with Crippen molar-refractivity contribution in [2.75, 3.05) is 14.2 Å². The van der Waals surface area contributed by atoms with Crippen LogP contribution in [-0.4, -0.2) is 24.2 Å². The van der Waals surface area contributed by atoms with Crippen LogP contribution in [0.15, 0.2) is 36.1 Å². The van der Waals surface area contributed by atoms with Crippen molar-refractivity contribution >= 4 is 5.57 Å². The third kappa shape index (κ3) is 1.91. The van der Waals surface area contributed by atoms with Gasteiger partial charge in [0.2, 0.25) is 0 Å². The monoisotopic (exact) mass is 218 g/mol. The maximum absolute atomic E-state index is 5.37. The zero-order valence-corrected chi connectivity index (χ0v) is 9.43. The summed E-state index contributed by atoms with van der Waals surface area (Å²) in [5, 5.41) is 0. The zero-order chi connectivity index (χ0) is 11.4. The van der Waals surface area contributed by atoms with E-state index in [1.165, 1.54) is 0 Å². The van der Waals surface area contributed by atoms with Crippen LogP contribution in [0.5, 0.6) is 0 Å². The molecule has 0 N–H and O–H groups in total. The van der Waals surface area contributed by atoms with Gasteiger partial charge < -0.3 is 9.47 Å². The van der Waals surface area contributed by atoms with Gasteiger partial charge in [-0.2, -0.15) is 0 Å². The van der Waals surface area contributed by atoms with Gasteiger partial charge >= 0.3 is 0 Å². The van der Waals surface area contributed by atoms with Crippen LogP contribution in [-0.2, 0) is 9.47 Å². The molecule has 0 fully saturated rings. The van der Waals surface area contributed by atoms with Crippen molar-refractivity contribution in [3.8, 4) is 0 Å². The number of hydrogen-bond donors (Lipinski definition) is 0. The van der Waals surface area contributed by atoms with Crippen molar-refractivity contribution < 1.29 is 9.47 Å². The number of aromatic nitrogens is 2. The summed E-state index contributed by atoms with van der Waals surface area (Å²) in [5.41, 5.74) is 0.858. The lowest BCUT2D eigenvalue weighted by atomic mass is 10.0. The Kier molecular flexibility index (Phi) is 3.19. The number of allylic oxidation sites excluding steroid dienone is 3. The summed E-state index contributed by atoms with van der Waals surface area (Å²) < 4.78 is 10.7. The van der Waals surface area contributed by atoms with E-state index in [0.29, 0.717) is 5.82 Å². The lowest BCUT2D eigenvalue weighted by Crippen LogP contribution is -2.07. The third-order valence-corrected chi connectivity index (χ3v) is 2.48. The lowest BCUT2D eigenvalue weighted by molar-refractivity contribution is 0.263. The van der Waals surface area contributed by atoms with Crippen LogP contribution in [0.3, 0.4) is 0 Å². The van der Waals surface area contributed by atoms with Gasteiger partial charge in [-0.1, -0.05) is 0 Å². The molecule has 1 heterocycles. The van der Waals surface area contributed by atoms with Crippen LogP contribution in [0.4, 0.5) is 0 Å². The average Bonchev–Trinajstić information content (AvgIpc) is 2.38. The predicted octanol–water partition coefficient (Wildman–Crippen LogP) is 2.16. The topological polar surface area (TPSA) is 44.2 Å². The first-order valence-corrected chi connectivity index (χ1v) is 5.16. The van der Waals surface area contributed by atoms with Gasteiger partial charge in [0.1, 0.15) is 11.5 Å². The van der Waals surface area contributed by atoms with Crippen molar-refractivity contribution in [1.82, 2.24) is 9.97 Å². The largest absolute Gasteiger partial charge is 0.500 e. The molecule has 0 unspecified atom stereocenters. The molecule has 4 heteroatoms. The molecule has 0 aromatic carbocycles. The Bertz CT molecular complexity index is 424. The highest BCUT2D eigenvalue weighted by Gasteiger charge is 2.21. The average molecular weight is 218 g/mol. The minimum atomic E-state index is 0.646. The molecule has 0 saturated heterocycles. The second-order valence-electron chi connectivity index (χ2n) is 3.39. The van der Waals surface area contributed by atoms with E-state index in [-0.39, 0.29) is 0 Å². The number of nitrogens with zero attached hydrogens (tertiary/aromatic N) is 2. The van der Waals surface area contributed by atoms with Gasteiger partial charge in [-0.25, -0.2) is 9.97 Å². The van der Waals surface area contributed by atoms with E-state index in [4.69, 9.17) is 9.47 Å². The Labute approximate surface area is 94.6 Å². The second kappa shape index (κ2) is 4.79. The molecule has 4 nitrogen and oxygen atoms in total. The Morgan fingerprint density at radius 2 is 1.88 bits per heavy atom. The molecule has 0 radical (unpaired) electrons. The van der Waals surface area contributed by atoms with Gasteiger partial charge in [-0.05, 0) is 18.6 Å².